The normalized spacial score (nSPS) is 28.2. The van der Waals surface area contributed by atoms with Gasteiger partial charge in [0, 0.05) is 7.05 Å². The van der Waals surface area contributed by atoms with Crippen LogP contribution in [0.25, 0.3) is 0 Å². The third-order valence-electron chi connectivity index (χ3n) is 2.70. The third-order valence-corrected chi connectivity index (χ3v) is 2.70. The smallest absolute Gasteiger partial charge is 0.246 e. The molecule has 1 N–H and O–H groups in total. The van der Waals surface area contributed by atoms with Crippen LogP contribution in [0.4, 0.5) is 0 Å². The van der Waals surface area contributed by atoms with Crippen molar-refractivity contribution in [3.05, 3.63) is 0 Å². The van der Waals surface area contributed by atoms with E-state index in [4.69, 9.17) is 0 Å². The summed E-state index contributed by atoms with van der Waals surface area (Å²) in [5.41, 5.74) is -1.42. The van der Waals surface area contributed by atoms with Crippen LogP contribution in [0.5, 0.6) is 0 Å². The molecule has 0 aromatic carbocycles. The van der Waals surface area contributed by atoms with Crippen molar-refractivity contribution in [2.45, 2.75) is 38.9 Å². The first-order valence-corrected chi connectivity index (χ1v) is 4.00. The molecule has 1 saturated heterocycles. The zero-order chi connectivity index (χ0) is 9.73. The van der Waals surface area contributed by atoms with Crippen LogP contribution in [0.2, 0.25) is 0 Å². The van der Waals surface area contributed by atoms with Crippen LogP contribution in [-0.4, -0.2) is 39.3 Å². The number of carbonyl (C=O) groups is 1. The number of hydroxylamine groups is 2. The number of hydrogen-bond donors (Lipinski definition) is 1. The average Bonchev–Trinajstić information content (AvgIpc) is 2.06. The molecule has 12 heavy (non-hydrogen) atoms. The predicted molar refractivity (Wildman–Crippen MR) is 44.6 cm³/mol. The molecule has 0 aromatic heterocycles. The van der Waals surface area contributed by atoms with E-state index in [1.54, 1.807) is 39.6 Å². The van der Waals surface area contributed by atoms with Crippen molar-refractivity contribution >= 4 is 5.91 Å². The molecular formula is C8H16N2O2. The second-order valence-corrected chi connectivity index (χ2v) is 4.23. The van der Waals surface area contributed by atoms with E-state index in [0.29, 0.717) is 0 Å². The average molecular weight is 172 g/mol. The summed E-state index contributed by atoms with van der Waals surface area (Å²) in [6, 6.07) is 0. The van der Waals surface area contributed by atoms with Crippen molar-refractivity contribution in [1.29, 1.82) is 0 Å². The highest BCUT2D eigenvalue weighted by Gasteiger charge is 2.54. The molecule has 1 aliphatic rings. The monoisotopic (exact) mass is 172 g/mol. The van der Waals surface area contributed by atoms with Crippen molar-refractivity contribution < 1.29 is 10.0 Å². The highest BCUT2D eigenvalue weighted by molar-refractivity contribution is 5.88. The molecule has 0 aromatic rings. The van der Waals surface area contributed by atoms with Gasteiger partial charge in [-0.2, -0.15) is 5.06 Å². The summed E-state index contributed by atoms with van der Waals surface area (Å²) in [7, 11) is 1.69. The van der Waals surface area contributed by atoms with Crippen LogP contribution in [0, 0.1) is 0 Å². The molecule has 0 unspecified atom stereocenters. The number of hydrogen-bond acceptors (Lipinski definition) is 3. The topological polar surface area (TPSA) is 43.8 Å². The quantitative estimate of drug-likeness (QED) is 0.584. The maximum Gasteiger partial charge on any atom is 0.246 e. The molecular weight excluding hydrogens is 156 g/mol. The second kappa shape index (κ2) is 2.20. The molecule has 70 valence electrons. The Labute approximate surface area is 72.7 Å². The van der Waals surface area contributed by atoms with Crippen LogP contribution in [0.3, 0.4) is 0 Å². The minimum Gasteiger partial charge on any atom is -0.324 e. The van der Waals surface area contributed by atoms with Gasteiger partial charge in [0.1, 0.15) is 11.2 Å². The van der Waals surface area contributed by atoms with Gasteiger partial charge in [-0.3, -0.25) is 4.79 Å². The van der Waals surface area contributed by atoms with Gasteiger partial charge >= 0.3 is 0 Å². The lowest BCUT2D eigenvalue weighted by molar-refractivity contribution is -0.207. The Morgan fingerprint density at radius 1 is 1.25 bits per heavy atom. The van der Waals surface area contributed by atoms with Crippen molar-refractivity contribution in [3.8, 4) is 0 Å². The summed E-state index contributed by atoms with van der Waals surface area (Å²) in [4.78, 5) is 13.1. The predicted octanol–water partition coefficient (Wildman–Crippen LogP) is 0.664. The maximum absolute atomic E-state index is 11.6. The Kier molecular flexibility index (Phi) is 1.74. The zero-order valence-electron chi connectivity index (χ0n) is 8.25. The summed E-state index contributed by atoms with van der Waals surface area (Å²) in [5, 5.41) is 10.8. The zero-order valence-corrected chi connectivity index (χ0v) is 8.25. The van der Waals surface area contributed by atoms with Crippen molar-refractivity contribution in [2.24, 2.45) is 0 Å². The van der Waals surface area contributed by atoms with Gasteiger partial charge in [0.2, 0.25) is 5.91 Å². The summed E-state index contributed by atoms with van der Waals surface area (Å²) < 4.78 is 0. The van der Waals surface area contributed by atoms with Gasteiger partial charge in [-0.15, -0.1) is 0 Å². The molecule has 0 saturated carbocycles. The Hall–Kier alpha value is -0.610. The van der Waals surface area contributed by atoms with E-state index in [1.165, 1.54) is 0 Å². The van der Waals surface area contributed by atoms with E-state index in [9.17, 15) is 10.0 Å². The lowest BCUT2D eigenvalue weighted by Gasteiger charge is -2.33. The first-order chi connectivity index (χ1) is 5.22. The van der Waals surface area contributed by atoms with Crippen LogP contribution < -0.4 is 0 Å². The molecule has 0 bridgehead atoms. The van der Waals surface area contributed by atoms with E-state index in [0.717, 1.165) is 5.06 Å². The Morgan fingerprint density at radius 3 is 1.75 bits per heavy atom. The number of carbonyl (C=O) groups excluding carboxylic acids is 1. The first-order valence-electron chi connectivity index (χ1n) is 4.00. The van der Waals surface area contributed by atoms with Crippen molar-refractivity contribution in [1.82, 2.24) is 9.96 Å². The molecule has 1 amide bonds. The number of rotatable bonds is 0. The van der Waals surface area contributed by atoms with Crippen molar-refractivity contribution in [3.63, 3.8) is 0 Å². The van der Waals surface area contributed by atoms with Gasteiger partial charge in [0.25, 0.3) is 0 Å². The number of amides is 1. The van der Waals surface area contributed by atoms with E-state index in [2.05, 4.69) is 0 Å². The number of likely N-dealkylation sites (N-methyl/N-ethyl adjacent to an activating group) is 1. The standard InChI is InChI=1S/C8H16N2O2/c1-7(2)6(11)9(5)8(3,4)10(7)12/h12H,1-5H3. The van der Waals surface area contributed by atoms with Crippen molar-refractivity contribution in [2.75, 3.05) is 7.05 Å². The molecule has 0 spiro atoms. The van der Waals surface area contributed by atoms with Gasteiger partial charge in [-0.1, -0.05) is 0 Å². The highest BCUT2D eigenvalue weighted by Crippen LogP contribution is 2.34. The van der Waals surface area contributed by atoms with Crippen LogP contribution in [0.1, 0.15) is 27.7 Å². The Bertz CT molecular complexity index is 223. The van der Waals surface area contributed by atoms with Gasteiger partial charge in [-0.05, 0) is 27.7 Å². The fraction of sp³-hybridized carbons (Fsp3) is 0.875. The summed E-state index contributed by atoms with van der Waals surface area (Å²) in [6.07, 6.45) is 0. The summed E-state index contributed by atoms with van der Waals surface area (Å²) in [5.74, 6) is -0.0602. The maximum atomic E-state index is 11.6. The minimum atomic E-state index is -0.807. The molecule has 0 atom stereocenters. The van der Waals surface area contributed by atoms with Gasteiger partial charge in [-0.25, -0.2) is 0 Å². The molecule has 1 fully saturated rings. The van der Waals surface area contributed by atoms with E-state index < -0.39 is 11.2 Å². The minimum absolute atomic E-state index is 0.0602. The third kappa shape index (κ3) is 0.881. The Morgan fingerprint density at radius 2 is 1.67 bits per heavy atom. The highest BCUT2D eigenvalue weighted by atomic mass is 16.5. The lowest BCUT2D eigenvalue weighted by atomic mass is 10.1. The summed E-state index contributed by atoms with van der Waals surface area (Å²) >= 11 is 0. The molecule has 1 heterocycles. The fourth-order valence-corrected chi connectivity index (χ4v) is 1.58. The van der Waals surface area contributed by atoms with Crippen LogP contribution in [-0.2, 0) is 4.79 Å². The molecule has 1 aliphatic heterocycles. The first kappa shape index (κ1) is 9.48. The lowest BCUT2D eigenvalue weighted by Crippen LogP contribution is -2.49. The van der Waals surface area contributed by atoms with E-state index in [1.807, 2.05) is 0 Å². The van der Waals surface area contributed by atoms with Gasteiger partial charge in [0.15, 0.2) is 0 Å². The fourth-order valence-electron chi connectivity index (χ4n) is 1.58. The van der Waals surface area contributed by atoms with Gasteiger partial charge in [0.05, 0.1) is 0 Å². The Balaban J connectivity index is 3.12. The van der Waals surface area contributed by atoms with Gasteiger partial charge < -0.3 is 10.1 Å². The molecule has 4 nitrogen and oxygen atoms in total. The second-order valence-electron chi connectivity index (χ2n) is 4.23. The van der Waals surface area contributed by atoms with E-state index >= 15 is 0 Å². The number of nitrogens with zero attached hydrogens (tertiary/aromatic N) is 2. The molecule has 4 heteroatoms. The van der Waals surface area contributed by atoms with Crippen LogP contribution >= 0.6 is 0 Å². The van der Waals surface area contributed by atoms with E-state index in [-0.39, 0.29) is 5.91 Å². The largest absolute Gasteiger partial charge is 0.324 e. The summed E-state index contributed by atoms with van der Waals surface area (Å²) in [6.45, 7) is 7.03. The van der Waals surface area contributed by atoms with Crippen LogP contribution in [0.15, 0.2) is 0 Å². The molecule has 0 radical (unpaired) electrons. The SMILES string of the molecule is CN1C(=O)C(C)(C)N(O)C1(C)C. The molecule has 1 rings (SSSR count). The molecule has 0 aliphatic carbocycles.